The maximum atomic E-state index is 6.19. The molecule has 0 aromatic rings. The highest BCUT2D eigenvalue weighted by molar-refractivity contribution is 4.99. The lowest BCUT2D eigenvalue weighted by atomic mass is 10.0. The van der Waals surface area contributed by atoms with E-state index in [0.29, 0.717) is 6.61 Å². The molecule has 0 amide bonds. The molecular formula is C12H21NO5. The van der Waals surface area contributed by atoms with Crippen LogP contribution in [0.25, 0.3) is 0 Å². The van der Waals surface area contributed by atoms with E-state index in [-0.39, 0.29) is 24.4 Å². The van der Waals surface area contributed by atoms with E-state index in [1.807, 2.05) is 27.7 Å². The van der Waals surface area contributed by atoms with Gasteiger partial charge in [-0.15, -0.1) is 0 Å². The Balaban J connectivity index is 1.68. The summed E-state index contributed by atoms with van der Waals surface area (Å²) in [6, 6.07) is -0.265. The highest BCUT2D eigenvalue weighted by Gasteiger charge is 2.56. The molecular weight excluding hydrogens is 238 g/mol. The number of fused-ring (bicyclic) bond motifs is 1. The lowest BCUT2D eigenvalue weighted by Crippen LogP contribution is -2.47. The Hall–Kier alpha value is -0.240. The zero-order valence-electron chi connectivity index (χ0n) is 11.2. The molecule has 0 aromatic heterocycles. The van der Waals surface area contributed by atoms with Crippen molar-refractivity contribution in [2.45, 2.75) is 69.9 Å². The molecule has 0 saturated carbocycles. The summed E-state index contributed by atoms with van der Waals surface area (Å²) in [7, 11) is 0. The van der Waals surface area contributed by atoms with Crippen LogP contribution >= 0.6 is 0 Å². The Morgan fingerprint density at radius 3 is 2.22 bits per heavy atom. The normalized spacial score (nSPS) is 49.5. The van der Waals surface area contributed by atoms with Crippen molar-refractivity contribution in [1.29, 1.82) is 0 Å². The van der Waals surface area contributed by atoms with Crippen LogP contribution in [0.15, 0.2) is 0 Å². The molecule has 0 aliphatic carbocycles. The Kier molecular flexibility index (Phi) is 2.75. The standard InChI is InChI=1S/C12H21NO5/c1-11(2)14-5-6(16-11)8-7(13)9-10(15-8)18-12(3,4)17-9/h6-10H,5,13H2,1-4H3/t6-,7-,8+,9+,10+/m1/s1. The predicted octanol–water partition coefficient (Wildman–Crippen LogP) is 0.342. The van der Waals surface area contributed by atoms with Gasteiger partial charge in [-0.25, -0.2) is 0 Å². The van der Waals surface area contributed by atoms with Gasteiger partial charge in [-0.1, -0.05) is 0 Å². The second kappa shape index (κ2) is 3.88. The van der Waals surface area contributed by atoms with E-state index in [0.717, 1.165) is 0 Å². The third-order valence-electron chi connectivity index (χ3n) is 3.53. The van der Waals surface area contributed by atoms with E-state index in [1.165, 1.54) is 0 Å². The van der Waals surface area contributed by atoms with Crippen LogP contribution in [0.5, 0.6) is 0 Å². The van der Waals surface area contributed by atoms with Crippen molar-refractivity contribution in [2.24, 2.45) is 5.73 Å². The van der Waals surface area contributed by atoms with Gasteiger partial charge in [0, 0.05) is 0 Å². The maximum absolute atomic E-state index is 6.19. The number of rotatable bonds is 1. The minimum absolute atomic E-state index is 0.170. The van der Waals surface area contributed by atoms with Crippen LogP contribution in [0.4, 0.5) is 0 Å². The number of nitrogens with two attached hydrogens (primary N) is 1. The molecule has 6 heteroatoms. The van der Waals surface area contributed by atoms with Crippen LogP contribution < -0.4 is 5.73 Å². The van der Waals surface area contributed by atoms with Crippen LogP contribution in [-0.4, -0.2) is 48.8 Å². The highest BCUT2D eigenvalue weighted by Crippen LogP contribution is 2.39. The summed E-state index contributed by atoms with van der Waals surface area (Å²) >= 11 is 0. The molecule has 3 heterocycles. The molecule has 3 fully saturated rings. The highest BCUT2D eigenvalue weighted by atomic mass is 16.8. The summed E-state index contributed by atoms with van der Waals surface area (Å²) in [6.07, 6.45) is -1.07. The quantitative estimate of drug-likeness (QED) is 0.732. The topological polar surface area (TPSA) is 72.2 Å². The predicted molar refractivity (Wildman–Crippen MR) is 61.6 cm³/mol. The first-order valence-electron chi connectivity index (χ1n) is 6.36. The SMILES string of the molecule is CC1(C)O[C@@H]2O[C@@H]([C@H]3COC(C)(C)O3)[C@@H](N)[C@@H]2O1. The average Bonchev–Trinajstić information content (AvgIpc) is 2.81. The number of hydrogen-bond donors (Lipinski definition) is 1. The summed E-state index contributed by atoms with van der Waals surface area (Å²) in [5.41, 5.74) is 6.19. The van der Waals surface area contributed by atoms with Gasteiger partial charge in [-0.2, -0.15) is 0 Å². The largest absolute Gasteiger partial charge is 0.348 e. The van der Waals surface area contributed by atoms with Gasteiger partial charge in [0.05, 0.1) is 12.6 Å². The van der Waals surface area contributed by atoms with Crippen LogP contribution in [0, 0.1) is 0 Å². The van der Waals surface area contributed by atoms with E-state index >= 15 is 0 Å². The van der Waals surface area contributed by atoms with Gasteiger partial charge in [0.1, 0.15) is 18.3 Å². The van der Waals surface area contributed by atoms with Crippen molar-refractivity contribution < 1.29 is 23.7 Å². The van der Waals surface area contributed by atoms with Crippen LogP contribution in [0.2, 0.25) is 0 Å². The molecule has 0 aromatic carbocycles. The molecule has 104 valence electrons. The minimum atomic E-state index is -0.635. The molecule has 2 N–H and O–H groups in total. The van der Waals surface area contributed by atoms with Crippen LogP contribution in [0.3, 0.4) is 0 Å². The van der Waals surface area contributed by atoms with Gasteiger partial charge in [0.2, 0.25) is 0 Å². The lowest BCUT2D eigenvalue weighted by molar-refractivity contribution is -0.222. The first-order chi connectivity index (χ1) is 8.27. The average molecular weight is 259 g/mol. The molecule has 5 atom stereocenters. The van der Waals surface area contributed by atoms with Crippen LogP contribution in [-0.2, 0) is 23.7 Å². The van der Waals surface area contributed by atoms with Crippen molar-refractivity contribution in [2.75, 3.05) is 6.61 Å². The second-order valence-electron chi connectivity index (χ2n) is 6.01. The van der Waals surface area contributed by atoms with E-state index in [9.17, 15) is 0 Å². The Labute approximate surface area is 107 Å². The molecule has 0 bridgehead atoms. The molecule has 18 heavy (non-hydrogen) atoms. The van der Waals surface area contributed by atoms with Crippen molar-refractivity contribution in [3.8, 4) is 0 Å². The van der Waals surface area contributed by atoms with Crippen molar-refractivity contribution >= 4 is 0 Å². The molecule has 0 unspecified atom stereocenters. The first kappa shape index (κ1) is 12.8. The zero-order valence-corrected chi connectivity index (χ0v) is 11.2. The first-order valence-corrected chi connectivity index (χ1v) is 6.36. The van der Waals surface area contributed by atoms with Crippen molar-refractivity contribution in [3.63, 3.8) is 0 Å². The van der Waals surface area contributed by atoms with Gasteiger partial charge < -0.3 is 29.4 Å². The smallest absolute Gasteiger partial charge is 0.189 e. The van der Waals surface area contributed by atoms with Gasteiger partial charge in [0.15, 0.2) is 17.9 Å². The lowest BCUT2D eigenvalue weighted by Gasteiger charge is -2.26. The molecule has 3 aliphatic heterocycles. The fraction of sp³-hybridized carbons (Fsp3) is 1.00. The fourth-order valence-electron chi connectivity index (χ4n) is 2.77. The van der Waals surface area contributed by atoms with E-state index in [4.69, 9.17) is 29.4 Å². The van der Waals surface area contributed by atoms with Gasteiger partial charge in [-0.05, 0) is 27.7 Å². The van der Waals surface area contributed by atoms with E-state index in [1.54, 1.807) is 0 Å². The monoisotopic (exact) mass is 259 g/mol. The molecule has 3 aliphatic rings. The van der Waals surface area contributed by atoms with Crippen molar-refractivity contribution in [1.82, 2.24) is 0 Å². The third-order valence-corrected chi connectivity index (χ3v) is 3.53. The maximum Gasteiger partial charge on any atom is 0.189 e. The summed E-state index contributed by atoms with van der Waals surface area (Å²) in [6.45, 7) is 7.95. The minimum Gasteiger partial charge on any atom is -0.348 e. The fourth-order valence-corrected chi connectivity index (χ4v) is 2.77. The summed E-state index contributed by atoms with van der Waals surface area (Å²) < 4.78 is 28.6. The molecule has 3 saturated heterocycles. The molecule has 3 rings (SSSR count). The Bertz CT molecular complexity index is 345. The molecule has 0 spiro atoms. The third kappa shape index (κ3) is 2.07. The Morgan fingerprint density at radius 2 is 1.67 bits per heavy atom. The van der Waals surface area contributed by atoms with Gasteiger partial charge in [0.25, 0.3) is 0 Å². The van der Waals surface area contributed by atoms with E-state index in [2.05, 4.69) is 0 Å². The number of hydrogen-bond acceptors (Lipinski definition) is 6. The van der Waals surface area contributed by atoms with Crippen LogP contribution in [0.1, 0.15) is 27.7 Å². The summed E-state index contributed by atoms with van der Waals surface area (Å²) in [5, 5.41) is 0. The Morgan fingerprint density at radius 1 is 0.944 bits per heavy atom. The van der Waals surface area contributed by atoms with Gasteiger partial charge in [-0.3, -0.25) is 0 Å². The van der Waals surface area contributed by atoms with E-state index < -0.39 is 17.9 Å². The zero-order chi connectivity index (χ0) is 13.1. The summed E-state index contributed by atoms with van der Waals surface area (Å²) in [5.74, 6) is -1.21. The molecule has 0 radical (unpaired) electrons. The summed E-state index contributed by atoms with van der Waals surface area (Å²) in [4.78, 5) is 0. The van der Waals surface area contributed by atoms with Crippen molar-refractivity contribution in [3.05, 3.63) is 0 Å². The molecule has 6 nitrogen and oxygen atoms in total. The van der Waals surface area contributed by atoms with Gasteiger partial charge >= 0.3 is 0 Å². The number of ether oxygens (including phenoxy) is 5. The second-order valence-corrected chi connectivity index (χ2v) is 6.01.